The minimum Gasteiger partial charge on any atom is -0.348 e. The van der Waals surface area contributed by atoms with Crippen molar-refractivity contribution in [2.24, 2.45) is 0 Å². The Kier molecular flexibility index (Phi) is 6.95. The standard InChI is InChI=1S/C21H21ClN4O2S/c1-25(2)19(27)14-29-18-10-6-4-8-16(18)20(28)24-21-23-11-12-26(21)13-15-7-3-5-9-17(15)22/h3-12H,13-14H2,1-2H3,(H,23,24,28). The number of halogens is 1. The number of nitrogens with zero attached hydrogens (tertiary/aromatic N) is 3. The summed E-state index contributed by atoms with van der Waals surface area (Å²) in [4.78, 5) is 31.3. The molecule has 0 aliphatic heterocycles. The lowest BCUT2D eigenvalue weighted by molar-refractivity contribution is -0.125. The molecule has 8 heteroatoms. The van der Waals surface area contributed by atoms with Crippen LogP contribution >= 0.6 is 23.4 Å². The van der Waals surface area contributed by atoms with Gasteiger partial charge < -0.3 is 9.47 Å². The number of benzene rings is 2. The summed E-state index contributed by atoms with van der Waals surface area (Å²) < 4.78 is 1.82. The summed E-state index contributed by atoms with van der Waals surface area (Å²) in [5.74, 6) is 0.398. The summed E-state index contributed by atoms with van der Waals surface area (Å²) in [5.41, 5.74) is 1.43. The van der Waals surface area contributed by atoms with Crippen LogP contribution in [0.4, 0.5) is 5.95 Å². The highest BCUT2D eigenvalue weighted by molar-refractivity contribution is 8.00. The van der Waals surface area contributed by atoms with Gasteiger partial charge >= 0.3 is 0 Å². The quantitative estimate of drug-likeness (QED) is 0.577. The average Bonchev–Trinajstić information content (AvgIpc) is 3.14. The third-order valence-electron chi connectivity index (χ3n) is 4.22. The van der Waals surface area contributed by atoms with E-state index in [1.807, 2.05) is 41.0 Å². The second-order valence-corrected chi connectivity index (χ2v) is 7.92. The molecule has 0 bridgehead atoms. The van der Waals surface area contributed by atoms with Crippen molar-refractivity contribution < 1.29 is 9.59 Å². The van der Waals surface area contributed by atoms with E-state index in [9.17, 15) is 9.59 Å². The minimum atomic E-state index is -0.281. The molecular formula is C21H21ClN4O2S. The molecule has 1 N–H and O–H groups in total. The Labute approximate surface area is 178 Å². The number of imidazole rings is 1. The third kappa shape index (κ3) is 5.40. The second kappa shape index (κ2) is 9.62. The summed E-state index contributed by atoms with van der Waals surface area (Å²) >= 11 is 7.58. The van der Waals surface area contributed by atoms with Gasteiger partial charge in [0.25, 0.3) is 5.91 Å². The Morgan fingerprint density at radius 3 is 2.62 bits per heavy atom. The van der Waals surface area contributed by atoms with Crippen LogP contribution in [0.5, 0.6) is 0 Å². The van der Waals surface area contributed by atoms with Gasteiger partial charge in [-0.2, -0.15) is 0 Å². The van der Waals surface area contributed by atoms with Crippen molar-refractivity contribution in [3.8, 4) is 0 Å². The van der Waals surface area contributed by atoms with Crippen LogP contribution in [0.25, 0.3) is 0 Å². The molecule has 6 nitrogen and oxygen atoms in total. The van der Waals surface area contributed by atoms with Crippen molar-refractivity contribution in [1.29, 1.82) is 0 Å². The molecule has 0 aliphatic carbocycles. The zero-order valence-electron chi connectivity index (χ0n) is 16.1. The first-order valence-corrected chi connectivity index (χ1v) is 10.3. The second-order valence-electron chi connectivity index (χ2n) is 6.50. The first-order chi connectivity index (χ1) is 14.0. The molecule has 0 atom stereocenters. The van der Waals surface area contributed by atoms with Gasteiger partial charge in [0.1, 0.15) is 0 Å². The normalized spacial score (nSPS) is 10.6. The molecule has 1 aromatic heterocycles. The van der Waals surface area contributed by atoms with Crippen LogP contribution in [0.1, 0.15) is 15.9 Å². The maximum Gasteiger partial charge on any atom is 0.259 e. The maximum absolute atomic E-state index is 12.9. The van der Waals surface area contributed by atoms with Gasteiger partial charge in [0.15, 0.2) is 0 Å². The predicted molar refractivity (Wildman–Crippen MR) is 117 cm³/mol. The zero-order valence-corrected chi connectivity index (χ0v) is 17.7. The predicted octanol–water partition coefficient (Wildman–Crippen LogP) is 4.02. The van der Waals surface area contributed by atoms with E-state index in [0.29, 0.717) is 23.1 Å². The van der Waals surface area contributed by atoms with Crippen molar-refractivity contribution >= 4 is 41.1 Å². The van der Waals surface area contributed by atoms with Crippen molar-refractivity contribution in [2.75, 3.05) is 25.2 Å². The van der Waals surface area contributed by atoms with Crippen LogP contribution in [-0.2, 0) is 11.3 Å². The monoisotopic (exact) mass is 428 g/mol. The Hall–Kier alpha value is -2.77. The Bertz CT molecular complexity index is 1020. The number of hydrogen-bond acceptors (Lipinski definition) is 4. The SMILES string of the molecule is CN(C)C(=O)CSc1ccccc1C(=O)Nc1nccn1Cc1ccccc1Cl. The van der Waals surface area contributed by atoms with Crippen molar-refractivity contribution in [2.45, 2.75) is 11.4 Å². The number of amides is 2. The molecule has 0 fully saturated rings. The van der Waals surface area contributed by atoms with Crippen LogP contribution in [0.2, 0.25) is 5.02 Å². The van der Waals surface area contributed by atoms with Gasteiger partial charge in [0.05, 0.1) is 17.9 Å². The van der Waals surface area contributed by atoms with Crippen LogP contribution in [0.15, 0.2) is 65.8 Å². The van der Waals surface area contributed by atoms with E-state index in [0.717, 1.165) is 10.5 Å². The fourth-order valence-corrected chi connectivity index (χ4v) is 3.81. The molecule has 0 unspecified atom stereocenters. The zero-order chi connectivity index (χ0) is 20.8. The number of anilines is 1. The first kappa shape index (κ1) is 21.0. The van der Waals surface area contributed by atoms with Gasteiger partial charge in [0.2, 0.25) is 11.9 Å². The summed E-state index contributed by atoms with van der Waals surface area (Å²) in [5, 5.41) is 3.52. The molecule has 0 saturated carbocycles. The number of carbonyl (C=O) groups excluding carboxylic acids is 2. The fourth-order valence-electron chi connectivity index (χ4n) is 2.59. The number of carbonyl (C=O) groups is 2. The lowest BCUT2D eigenvalue weighted by atomic mass is 10.2. The van der Waals surface area contributed by atoms with Crippen molar-refractivity contribution in [3.63, 3.8) is 0 Å². The Balaban J connectivity index is 1.74. The molecule has 2 aromatic carbocycles. The Morgan fingerprint density at radius 2 is 1.86 bits per heavy atom. The molecular weight excluding hydrogens is 408 g/mol. The van der Waals surface area contributed by atoms with Crippen molar-refractivity contribution in [1.82, 2.24) is 14.5 Å². The van der Waals surface area contributed by atoms with Gasteiger partial charge in [-0.3, -0.25) is 14.9 Å². The van der Waals surface area contributed by atoms with Gasteiger partial charge in [0, 0.05) is 36.4 Å². The largest absolute Gasteiger partial charge is 0.348 e. The van der Waals surface area contributed by atoms with E-state index >= 15 is 0 Å². The van der Waals surface area contributed by atoms with Crippen molar-refractivity contribution in [3.05, 3.63) is 77.1 Å². The van der Waals surface area contributed by atoms with E-state index in [1.165, 1.54) is 16.7 Å². The molecule has 1 heterocycles. The van der Waals surface area contributed by atoms with E-state index in [-0.39, 0.29) is 17.6 Å². The first-order valence-electron chi connectivity index (χ1n) is 8.93. The van der Waals surface area contributed by atoms with E-state index < -0.39 is 0 Å². The number of thioether (sulfide) groups is 1. The molecule has 150 valence electrons. The average molecular weight is 429 g/mol. The number of hydrogen-bond donors (Lipinski definition) is 1. The highest BCUT2D eigenvalue weighted by Gasteiger charge is 2.16. The molecule has 3 aromatic rings. The molecule has 2 amide bonds. The van der Waals surface area contributed by atoms with Crippen LogP contribution in [-0.4, -0.2) is 46.1 Å². The summed E-state index contributed by atoms with van der Waals surface area (Å²) in [6.07, 6.45) is 3.41. The van der Waals surface area contributed by atoms with Gasteiger partial charge in [-0.05, 0) is 23.8 Å². The van der Waals surface area contributed by atoms with Gasteiger partial charge in [-0.1, -0.05) is 41.9 Å². The minimum absolute atomic E-state index is 0.0134. The highest BCUT2D eigenvalue weighted by atomic mass is 35.5. The summed E-state index contributed by atoms with van der Waals surface area (Å²) in [6.45, 7) is 0.489. The molecule has 29 heavy (non-hydrogen) atoms. The molecule has 3 rings (SSSR count). The third-order valence-corrected chi connectivity index (χ3v) is 5.65. The topological polar surface area (TPSA) is 67.2 Å². The lowest BCUT2D eigenvalue weighted by Gasteiger charge is -2.13. The fraction of sp³-hybridized carbons (Fsp3) is 0.190. The molecule has 0 aliphatic rings. The summed E-state index contributed by atoms with van der Waals surface area (Å²) in [6, 6.07) is 14.8. The van der Waals surface area contributed by atoms with Crippen LogP contribution in [0, 0.1) is 0 Å². The number of nitrogens with one attached hydrogen (secondary N) is 1. The van der Waals surface area contributed by atoms with E-state index in [4.69, 9.17) is 11.6 Å². The highest BCUT2D eigenvalue weighted by Crippen LogP contribution is 2.24. The molecule has 0 saturated heterocycles. The number of rotatable bonds is 7. The maximum atomic E-state index is 12.9. The van der Waals surface area contributed by atoms with E-state index in [2.05, 4.69) is 10.3 Å². The van der Waals surface area contributed by atoms with Gasteiger partial charge in [-0.15, -0.1) is 11.8 Å². The van der Waals surface area contributed by atoms with E-state index in [1.54, 1.807) is 38.6 Å². The van der Waals surface area contributed by atoms with Crippen LogP contribution < -0.4 is 5.32 Å². The van der Waals surface area contributed by atoms with Crippen LogP contribution in [0.3, 0.4) is 0 Å². The smallest absolute Gasteiger partial charge is 0.259 e. The Morgan fingerprint density at radius 1 is 1.14 bits per heavy atom. The summed E-state index contributed by atoms with van der Waals surface area (Å²) in [7, 11) is 3.42. The van der Waals surface area contributed by atoms with Gasteiger partial charge in [-0.25, -0.2) is 4.98 Å². The number of aromatic nitrogens is 2. The lowest BCUT2D eigenvalue weighted by Crippen LogP contribution is -2.23. The molecule has 0 spiro atoms. The molecule has 0 radical (unpaired) electrons.